The molecular formula is C15H17N3. The Labute approximate surface area is 108 Å². The monoisotopic (exact) mass is 239 g/mol. The van der Waals surface area contributed by atoms with Crippen molar-refractivity contribution in [2.75, 3.05) is 19.0 Å². The van der Waals surface area contributed by atoms with Crippen LogP contribution < -0.4 is 4.90 Å². The fourth-order valence-electron chi connectivity index (χ4n) is 1.60. The van der Waals surface area contributed by atoms with Crippen molar-refractivity contribution in [3.05, 3.63) is 54.1 Å². The molecule has 0 saturated carbocycles. The lowest BCUT2D eigenvalue weighted by Gasteiger charge is -2.11. The zero-order chi connectivity index (χ0) is 13.0. The summed E-state index contributed by atoms with van der Waals surface area (Å²) in [6.45, 7) is 2.03. The highest BCUT2D eigenvalue weighted by atomic mass is 15.1. The predicted octanol–water partition coefficient (Wildman–Crippen LogP) is 4.48. The van der Waals surface area contributed by atoms with Gasteiger partial charge in [-0.15, -0.1) is 0 Å². The maximum atomic E-state index is 4.26. The van der Waals surface area contributed by atoms with E-state index in [0.29, 0.717) is 0 Å². The van der Waals surface area contributed by atoms with E-state index < -0.39 is 0 Å². The Morgan fingerprint density at radius 2 is 1.50 bits per heavy atom. The molecule has 0 N–H and O–H groups in total. The SMILES string of the molecule is Cc1ccccc1/N=N/c1ccc(N(C)C)cc1. The zero-order valence-electron chi connectivity index (χ0n) is 11.0. The first-order chi connectivity index (χ1) is 8.66. The van der Waals surface area contributed by atoms with Gasteiger partial charge in [-0.1, -0.05) is 18.2 Å². The third-order valence-electron chi connectivity index (χ3n) is 2.75. The molecule has 0 aliphatic heterocycles. The lowest BCUT2D eigenvalue weighted by Crippen LogP contribution is -2.07. The number of anilines is 1. The molecule has 0 radical (unpaired) electrons. The van der Waals surface area contributed by atoms with Gasteiger partial charge in [0.05, 0.1) is 11.4 Å². The van der Waals surface area contributed by atoms with E-state index in [9.17, 15) is 0 Å². The van der Waals surface area contributed by atoms with Crippen LogP contribution in [-0.2, 0) is 0 Å². The first-order valence-corrected chi connectivity index (χ1v) is 5.91. The molecule has 0 amide bonds. The molecule has 0 unspecified atom stereocenters. The largest absolute Gasteiger partial charge is 0.378 e. The molecule has 92 valence electrons. The standard InChI is InChI=1S/C15H17N3/c1-12-6-4-5-7-15(12)17-16-13-8-10-14(11-9-13)18(2)3/h4-11H,1-3H3/b17-16+. The summed E-state index contributed by atoms with van der Waals surface area (Å²) in [5, 5.41) is 8.51. The predicted molar refractivity (Wildman–Crippen MR) is 76.1 cm³/mol. The highest BCUT2D eigenvalue weighted by Crippen LogP contribution is 2.23. The third-order valence-corrected chi connectivity index (χ3v) is 2.75. The lowest BCUT2D eigenvalue weighted by atomic mass is 10.2. The molecule has 0 aliphatic rings. The molecule has 0 aromatic heterocycles. The molecule has 2 aromatic carbocycles. The minimum atomic E-state index is 0.865. The molecule has 0 fully saturated rings. The summed E-state index contributed by atoms with van der Waals surface area (Å²) in [6, 6.07) is 16.0. The number of hydrogen-bond acceptors (Lipinski definition) is 3. The molecule has 0 heterocycles. The molecule has 0 atom stereocenters. The zero-order valence-corrected chi connectivity index (χ0v) is 11.0. The van der Waals surface area contributed by atoms with Crippen molar-refractivity contribution in [2.24, 2.45) is 10.2 Å². The Hall–Kier alpha value is -2.16. The van der Waals surface area contributed by atoms with E-state index in [4.69, 9.17) is 0 Å². The minimum Gasteiger partial charge on any atom is -0.378 e. The third kappa shape index (κ3) is 2.94. The van der Waals surface area contributed by atoms with Crippen LogP contribution in [0, 0.1) is 6.92 Å². The van der Waals surface area contributed by atoms with Crippen molar-refractivity contribution in [2.45, 2.75) is 6.92 Å². The van der Waals surface area contributed by atoms with Gasteiger partial charge in [-0.2, -0.15) is 10.2 Å². The van der Waals surface area contributed by atoms with Crippen LogP contribution in [-0.4, -0.2) is 14.1 Å². The van der Waals surface area contributed by atoms with Crippen molar-refractivity contribution in [3.8, 4) is 0 Å². The summed E-state index contributed by atoms with van der Waals surface area (Å²) in [5.74, 6) is 0. The Bertz CT molecular complexity index is 542. The second-order valence-corrected chi connectivity index (χ2v) is 4.40. The summed E-state index contributed by atoms with van der Waals surface area (Å²) in [5.41, 5.74) is 4.06. The topological polar surface area (TPSA) is 28.0 Å². The van der Waals surface area contributed by atoms with Crippen LogP contribution in [0.25, 0.3) is 0 Å². The Morgan fingerprint density at radius 1 is 0.833 bits per heavy atom. The van der Waals surface area contributed by atoms with Crippen molar-refractivity contribution in [1.29, 1.82) is 0 Å². The Balaban J connectivity index is 2.17. The number of nitrogens with zero attached hydrogens (tertiary/aromatic N) is 3. The van der Waals surface area contributed by atoms with Gasteiger partial charge in [-0.3, -0.25) is 0 Å². The van der Waals surface area contributed by atoms with Gasteiger partial charge in [0.25, 0.3) is 0 Å². The van der Waals surface area contributed by atoms with Gasteiger partial charge < -0.3 is 4.90 Å². The van der Waals surface area contributed by atoms with Crippen molar-refractivity contribution in [3.63, 3.8) is 0 Å². The fourth-order valence-corrected chi connectivity index (χ4v) is 1.60. The second kappa shape index (κ2) is 5.45. The van der Waals surface area contributed by atoms with E-state index in [0.717, 1.165) is 22.6 Å². The molecule has 3 nitrogen and oxygen atoms in total. The minimum absolute atomic E-state index is 0.865. The Kier molecular flexibility index (Phi) is 3.72. The second-order valence-electron chi connectivity index (χ2n) is 4.40. The molecule has 2 rings (SSSR count). The van der Waals surface area contributed by atoms with Crippen LogP contribution in [0.2, 0.25) is 0 Å². The molecule has 2 aromatic rings. The van der Waals surface area contributed by atoms with Crippen molar-refractivity contribution >= 4 is 17.1 Å². The average molecular weight is 239 g/mol. The van der Waals surface area contributed by atoms with E-state index in [1.807, 2.05) is 69.6 Å². The molecule has 3 heteroatoms. The van der Waals surface area contributed by atoms with Crippen LogP contribution in [0.15, 0.2) is 58.8 Å². The number of benzene rings is 2. The summed E-state index contributed by atoms with van der Waals surface area (Å²) in [6.07, 6.45) is 0. The number of aryl methyl sites for hydroxylation is 1. The van der Waals surface area contributed by atoms with Gasteiger partial charge in [0, 0.05) is 19.8 Å². The quantitative estimate of drug-likeness (QED) is 0.726. The highest BCUT2D eigenvalue weighted by Gasteiger charge is 1.96. The van der Waals surface area contributed by atoms with Crippen LogP contribution in [0.5, 0.6) is 0 Å². The van der Waals surface area contributed by atoms with Gasteiger partial charge in [-0.25, -0.2) is 0 Å². The van der Waals surface area contributed by atoms with Crippen molar-refractivity contribution < 1.29 is 0 Å². The molecule has 0 saturated heterocycles. The summed E-state index contributed by atoms with van der Waals surface area (Å²) < 4.78 is 0. The van der Waals surface area contributed by atoms with Crippen molar-refractivity contribution in [1.82, 2.24) is 0 Å². The first kappa shape index (κ1) is 12.3. The van der Waals surface area contributed by atoms with E-state index in [1.165, 1.54) is 0 Å². The Morgan fingerprint density at radius 3 is 2.11 bits per heavy atom. The lowest BCUT2D eigenvalue weighted by molar-refractivity contribution is 1.13. The molecular weight excluding hydrogens is 222 g/mol. The number of azo groups is 1. The van der Waals surface area contributed by atoms with Gasteiger partial charge in [-0.05, 0) is 42.8 Å². The van der Waals surface area contributed by atoms with Gasteiger partial charge in [0.15, 0.2) is 0 Å². The first-order valence-electron chi connectivity index (χ1n) is 5.91. The number of hydrogen-bond donors (Lipinski definition) is 0. The molecule has 0 bridgehead atoms. The van der Waals surface area contributed by atoms with Gasteiger partial charge in [0.1, 0.15) is 0 Å². The van der Waals surface area contributed by atoms with Gasteiger partial charge >= 0.3 is 0 Å². The van der Waals surface area contributed by atoms with Crippen LogP contribution >= 0.6 is 0 Å². The number of rotatable bonds is 3. The maximum absolute atomic E-state index is 4.26. The molecule has 0 spiro atoms. The molecule has 0 aliphatic carbocycles. The normalized spacial score (nSPS) is 10.8. The fraction of sp³-hybridized carbons (Fsp3) is 0.200. The maximum Gasteiger partial charge on any atom is 0.0886 e. The van der Waals surface area contributed by atoms with E-state index in [-0.39, 0.29) is 0 Å². The molecule has 18 heavy (non-hydrogen) atoms. The highest BCUT2D eigenvalue weighted by molar-refractivity contribution is 5.52. The summed E-state index contributed by atoms with van der Waals surface area (Å²) in [7, 11) is 4.04. The van der Waals surface area contributed by atoms with Crippen LogP contribution in [0.3, 0.4) is 0 Å². The average Bonchev–Trinajstić information content (AvgIpc) is 2.38. The summed E-state index contributed by atoms with van der Waals surface area (Å²) >= 11 is 0. The van der Waals surface area contributed by atoms with Gasteiger partial charge in [0.2, 0.25) is 0 Å². The van der Waals surface area contributed by atoms with Crippen LogP contribution in [0.1, 0.15) is 5.56 Å². The van der Waals surface area contributed by atoms with Crippen LogP contribution in [0.4, 0.5) is 17.1 Å². The van der Waals surface area contributed by atoms with E-state index >= 15 is 0 Å². The van der Waals surface area contributed by atoms with E-state index in [2.05, 4.69) is 15.1 Å². The van der Waals surface area contributed by atoms with E-state index in [1.54, 1.807) is 0 Å². The summed E-state index contributed by atoms with van der Waals surface area (Å²) in [4.78, 5) is 2.06. The smallest absolute Gasteiger partial charge is 0.0886 e.